The first-order chi connectivity index (χ1) is 22.3. The van der Waals surface area contributed by atoms with Crippen LogP contribution in [0.5, 0.6) is 5.75 Å². The Morgan fingerprint density at radius 2 is 1.76 bits per heavy atom. The zero-order chi connectivity index (χ0) is 32.2. The lowest BCUT2D eigenvalue weighted by atomic mass is 9.78. The van der Waals surface area contributed by atoms with E-state index in [1.54, 1.807) is 13.3 Å². The van der Waals surface area contributed by atoms with Crippen LogP contribution in [-0.4, -0.2) is 75.7 Å². The van der Waals surface area contributed by atoms with Gasteiger partial charge >= 0.3 is 6.09 Å². The number of pyridine rings is 1. The van der Waals surface area contributed by atoms with Crippen LogP contribution in [0.25, 0.3) is 11.1 Å². The second kappa shape index (κ2) is 14.2. The van der Waals surface area contributed by atoms with Crippen LogP contribution in [0.1, 0.15) is 75.3 Å². The number of hydrogen-bond acceptors (Lipinski definition) is 7. The molecule has 10 nitrogen and oxygen atoms in total. The lowest BCUT2D eigenvalue weighted by Crippen LogP contribution is -2.54. The highest BCUT2D eigenvalue weighted by molar-refractivity contribution is 5.94. The van der Waals surface area contributed by atoms with E-state index in [-0.39, 0.29) is 24.0 Å². The number of methoxy groups -OCH3 is 1. The molecule has 246 valence electrons. The standard InChI is InChI=1S/C36H47N5O5/c1-4-40-21-30(19-38-40)29-15-16-37-34(18-29)41(20-25-5-7-26(8-6-25)28-11-14-33(45-3)24(2)17-28)35(43)27-9-12-32(13-10-27)46-36(44)39-22-31(42)23-39/h11,14-19,21,25-27,31-32,42H,4-10,12-13,20,22-23H2,1-3H3. The lowest BCUT2D eigenvalue weighted by molar-refractivity contribution is -0.124. The van der Waals surface area contributed by atoms with Crippen molar-refractivity contribution >= 4 is 17.8 Å². The van der Waals surface area contributed by atoms with Crippen LogP contribution < -0.4 is 9.64 Å². The van der Waals surface area contributed by atoms with Crippen molar-refractivity contribution in [1.82, 2.24) is 19.7 Å². The van der Waals surface area contributed by atoms with Gasteiger partial charge in [0.25, 0.3) is 0 Å². The topological polar surface area (TPSA) is 110 Å². The summed E-state index contributed by atoms with van der Waals surface area (Å²) >= 11 is 0. The largest absolute Gasteiger partial charge is 0.496 e. The number of aliphatic hydroxyl groups excluding tert-OH is 1. The lowest BCUT2D eigenvalue weighted by Gasteiger charge is -2.38. The fourth-order valence-corrected chi connectivity index (χ4v) is 7.29. The predicted octanol–water partition coefficient (Wildman–Crippen LogP) is 5.96. The molecule has 0 spiro atoms. The van der Waals surface area contributed by atoms with Crippen LogP contribution in [0, 0.1) is 18.8 Å². The molecule has 2 saturated carbocycles. The maximum Gasteiger partial charge on any atom is 0.410 e. The van der Waals surface area contributed by atoms with Crippen molar-refractivity contribution in [2.75, 3.05) is 31.6 Å². The Morgan fingerprint density at radius 1 is 1.00 bits per heavy atom. The SMILES string of the molecule is CCn1cc(-c2ccnc(N(CC3CCC(c4ccc(OC)c(C)c4)CC3)C(=O)C3CCC(OC(=O)N4CC(O)C4)CC3)c2)cn1. The first kappa shape index (κ1) is 32.0. The van der Waals surface area contributed by atoms with Gasteiger partial charge < -0.3 is 19.5 Å². The molecule has 1 saturated heterocycles. The highest BCUT2D eigenvalue weighted by atomic mass is 16.6. The first-order valence-corrected chi connectivity index (χ1v) is 16.9. The number of benzene rings is 1. The molecule has 3 heterocycles. The van der Waals surface area contributed by atoms with Gasteiger partial charge in [-0.1, -0.05) is 12.1 Å². The quantitative estimate of drug-likeness (QED) is 0.311. The molecule has 3 fully saturated rings. The van der Waals surface area contributed by atoms with Crippen molar-refractivity contribution in [2.45, 2.75) is 89.9 Å². The summed E-state index contributed by atoms with van der Waals surface area (Å²) in [6.07, 6.45) is 11.6. The Bertz CT molecular complexity index is 1500. The number of amides is 2. The molecule has 2 aromatic heterocycles. The van der Waals surface area contributed by atoms with E-state index in [0.29, 0.717) is 63.0 Å². The number of aromatic nitrogens is 3. The minimum absolute atomic E-state index is 0.109. The monoisotopic (exact) mass is 629 g/mol. The highest BCUT2D eigenvalue weighted by Gasteiger charge is 2.36. The highest BCUT2D eigenvalue weighted by Crippen LogP contribution is 2.39. The summed E-state index contributed by atoms with van der Waals surface area (Å²) in [6.45, 7) is 6.25. The second-order valence-electron chi connectivity index (χ2n) is 13.3. The van der Waals surface area contributed by atoms with Gasteiger partial charge in [0.15, 0.2) is 0 Å². The van der Waals surface area contributed by atoms with Gasteiger partial charge in [0.1, 0.15) is 17.7 Å². The number of β-amino-alcohol motifs (C(OH)–C–C–N with tert-alkyl or cyclic N) is 1. The molecule has 3 aromatic rings. The summed E-state index contributed by atoms with van der Waals surface area (Å²) in [7, 11) is 1.71. The minimum atomic E-state index is -0.455. The van der Waals surface area contributed by atoms with E-state index in [9.17, 15) is 14.7 Å². The van der Waals surface area contributed by atoms with Gasteiger partial charge in [0.2, 0.25) is 5.91 Å². The number of hydrogen-bond donors (Lipinski definition) is 1. The number of rotatable bonds is 9. The number of aliphatic hydroxyl groups is 1. The third-order valence-corrected chi connectivity index (χ3v) is 10.2. The average Bonchev–Trinajstić information content (AvgIpc) is 3.56. The van der Waals surface area contributed by atoms with Crippen LogP contribution in [-0.2, 0) is 16.1 Å². The number of likely N-dealkylation sites (tertiary alicyclic amines) is 1. The molecular formula is C36H47N5O5. The number of carbonyl (C=O) groups excluding carboxylic acids is 2. The smallest absolute Gasteiger partial charge is 0.410 e. The molecule has 0 bridgehead atoms. The van der Waals surface area contributed by atoms with E-state index >= 15 is 0 Å². The van der Waals surface area contributed by atoms with Crippen LogP contribution in [0.2, 0.25) is 0 Å². The van der Waals surface area contributed by atoms with Crippen molar-refractivity contribution in [3.8, 4) is 16.9 Å². The molecule has 6 rings (SSSR count). The van der Waals surface area contributed by atoms with Gasteiger partial charge in [-0.2, -0.15) is 5.10 Å². The Kier molecular flexibility index (Phi) is 9.92. The minimum Gasteiger partial charge on any atom is -0.496 e. The molecule has 1 aliphatic heterocycles. The van der Waals surface area contributed by atoms with Gasteiger partial charge in [-0.15, -0.1) is 0 Å². The summed E-state index contributed by atoms with van der Waals surface area (Å²) in [5.41, 5.74) is 4.53. The van der Waals surface area contributed by atoms with E-state index in [4.69, 9.17) is 14.5 Å². The van der Waals surface area contributed by atoms with Gasteiger partial charge in [-0.05, 0) is 112 Å². The van der Waals surface area contributed by atoms with Crippen LogP contribution in [0.4, 0.5) is 10.6 Å². The molecule has 0 atom stereocenters. The van der Waals surface area contributed by atoms with E-state index in [1.807, 2.05) is 34.1 Å². The Morgan fingerprint density at radius 3 is 2.41 bits per heavy atom. The third kappa shape index (κ3) is 7.22. The normalized spacial score (nSPS) is 23.4. The summed E-state index contributed by atoms with van der Waals surface area (Å²) in [5, 5.41) is 14.0. The van der Waals surface area contributed by atoms with Crippen LogP contribution >= 0.6 is 0 Å². The van der Waals surface area contributed by atoms with Crippen molar-refractivity contribution in [3.63, 3.8) is 0 Å². The van der Waals surface area contributed by atoms with Crippen molar-refractivity contribution < 1.29 is 24.2 Å². The van der Waals surface area contributed by atoms with Crippen molar-refractivity contribution in [3.05, 3.63) is 60.0 Å². The molecule has 0 radical (unpaired) electrons. The summed E-state index contributed by atoms with van der Waals surface area (Å²) < 4.78 is 13.1. The first-order valence-electron chi connectivity index (χ1n) is 16.9. The van der Waals surface area contributed by atoms with Gasteiger partial charge in [-0.3, -0.25) is 14.4 Å². The average molecular weight is 630 g/mol. The molecule has 1 N–H and O–H groups in total. The van der Waals surface area contributed by atoms with Crippen LogP contribution in [0.3, 0.4) is 0 Å². The van der Waals surface area contributed by atoms with E-state index in [1.165, 1.54) is 10.5 Å². The van der Waals surface area contributed by atoms with Crippen LogP contribution in [0.15, 0.2) is 48.9 Å². The predicted molar refractivity (Wildman–Crippen MR) is 176 cm³/mol. The number of carbonyl (C=O) groups is 2. The van der Waals surface area contributed by atoms with Crippen molar-refractivity contribution in [1.29, 1.82) is 0 Å². The molecule has 1 aromatic carbocycles. The number of ether oxygens (including phenoxy) is 2. The number of nitrogens with zero attached hydrogens (tertiary/aromatic N) is 5. The Balaban J connectivity index is 1.14. The number of anilines is 1. The molecule has 3 aliphatic rings. The van der Waals surface area contributed by atoms with E-state index < -0.39 is 6.10 Å². The number of aryl methyl sites for hydroxylation is 2. The van der Waals surface area contributed by atoms with Crippen molar-refractivity contribution in [2.24, 2.45) is 11.8 Å². The molecule has 2 amide bonds. The molecule has 2 aliphatic carbocycles. The molecule has 0 unspecified atom stereocenters. The summed E-state index contributed by atoms with van der Waals surface area (Å²) in [4.78, 5) is 34.9. The van der Waals surface area contributed by atoms with Gasteiger partial charge in [0, 0.05) is 37.0 Å². The van der Waals surface area contributed by atoms with E-state index in [0.717, 1.165) is 54.7 Å². The molecule has 46 heavy (non-hydrogen) atoms. The zero-order valence-corrected chi connectivity index (χ0v) is 27.3. The molecular weight excluding hydrogens is 582 g/mol. The maximum atomic E-state index is 14.3. The zero-order valence-electron chi connectivity index (χ0n) is 27.3. The fourth-order valence-electron chi connectivity index (χ4n) is 7.29. The third-order valence-electron chi connectivity index (χ3n) is 10.2. The maximum absolute atomic E-state index is 14.3. The Labute approximate surface area is 271 Å². The summed E-state index contributed by atoms with van der Waals surface area (Å²) in [5.74, 6) is 2.47. The summed E-state index contributed by atoms with van der Waals surface area (Å²) in [6, 6.07) is 10.5. The fraction of sp³-hybridized carbons (Fsp3) is 0.556. The van der Waals surface area contributed by atoms with Gasteiger partial charge in [0.05, 0.1) is 32.5 Å². The van der Waals surface area contributed by atoms with E-state index in [2.05, 4.69) is 37.1 Å². The molecule has 10 heteroatoms. The Hall–Kier alpha value is -3.92. The second-order valence-corrected chi connectivity index (χ2v) is 13.3. The van der Waals surface area contributed by atoms with Gasteiger partial charge in [-0.25, -0.2) is 9.78 Å².